The Morgan fingerprint density at radius 1 is 1.26 bits per heavy atom. The first-order valence-corrected chi connectivity index (χ1v) is 8.61. The fourth-order valence-corrected chi connectivity index (χ4v) is 3.07. The van der Waals surface area contributed by atoms with Crippen molar-refractivity contribution >= 4 is 35.6 Å². The summed E-state index contributed by atoms with van der Waals surface area (Å²) in [6.07, 6.45) is 1.09. The Balaban J connectivity index is 0.00000261. The van der Waals surface area contributed by atoms with E-state index in [1.165, 1.54) is 5.56 Å². The van der Waals surface area contributed by atoms with Crippen LogP contribution in [0.5, 0.6) is 11.5 Å². The average Bonchev–Trinajstić information content (AvgIpc) is 2.99. The van der Waals surface area contributed by atoms with Crippen molar-refractivity contribution in [3.63, 3.8) is 0 Å². The Morgan fingerprint density at radius 3 is 2.78 bits per heavy atom. The van der Waals surface area contributed by atoms with Crippen LogP contribution in [0.1, 0.15) is 23.6 Å². The summed E-state index contributed by atoms with van der Waals surface area (Å²) < 4.78 is 16.5. The van der Waals surface area contributed by atoms with Gasteiger partial charge in [-0.3, -0.25) is 0 Å². The van der Waals surface area contributed by atoms with Crippen LogP contribution >= 0.6 is 24.0 Å². The van der Waals surface area contributed by atoms with E-state index in [0.29, 0.717) is 19.1 Å². The van der Waals surface area contributed by atoms with E-state index in [1.54, 1.807) is 14.2 Å². The van der Waals surface area contributed by atoms with Gasteiger partial charge in [0.25, 0.3) is 0 Å². The second-order valence-corrected chi connectivity index (χ2v) is 6.32. The minimum absolute atomic E-state index is 0. The molecule has 1 aliphatic heterocycles. The molecule has 6 nitrogen and oxygen atoms in total. The highest BCUT2D eigenvalue weighted by Gasteiger charge is 2.21. The van der Waals surface area contributed by atoms with Gasteiger partial charge < -0.3 is 25.3 Å². The van der Waals surface area contributed by atoms with Gasteiger partial charge in [-0.05, 0) is 25.1 Å². The molecule has 0 bridgehead atoms. The van der Waals surface area contributed by atoms with Crippen molar-refractivity contribution in [2.45, 2.75) is 32.6 Å². The lowest BCUT2D eigenvalue weighted by molar-refractivity contribution is 0.185. The molecule has 0 saturated heterocycles. The largest absolute Gasteiger partial charge is 0.496 e. The van der Waals surface area contributed by atoms with Gasteiger partial charge in [-0.2, -0.15) is 0 Å². The Bertz CT molecular complexity index is 811. The summed E-state index contributed by atoms with van der Waals surface area (Å²) in [6, 6.07) is 11.9. The molecular weight excluding hydrogens is 457 g/mol. The van der Waals surface area contributed by atoms with Crippen LogP contribution in [-0.4, -0.2) is 26.3 Å². The Hall–Kier alpha value is -2.00. The van der Waals surface area contributed by atoms with Crippen molar-refractivity contribution in [3.8, 4) is 11.5 Å². The number of nitrogens with one attached hydrogen (secondary N) is 1. The van der Waals surface area contributed by atoms with E-state index in [9.17, 15) is 0 Å². The molecule has 0 radical (unpaired) electrons. The van der Waals surface area contributed by atoms with E-state index in [4.69, 9.17) is 19.9 Å². The zero-order chi connectivity index (χ0) is 18.5. The molecule has 7 heteroatoms. The van der Waals surface area contributed by atoms with Crippen LogP contribution in [0.2, 0.25) is 0 Å². The van der Waals surface area contributed by atoms with Crippen molar-refractivity contribution < 1.29 is 14.2 Å². The topological polar surface area (TPSA) is 78.1 Å². The number of fused-ring (bicyclic) bond motifs is 1. The number of methoxy groups -OCH3 is 2. The molecule has 3 N–H and O–H groups in total. The number of rotatable bonds is 6. The molecule has 2 aromatic rings. The van der Waals surface area contributed by atoms with Crippen LogP contribution in [0, 0.1) is 0 Å². The first-order chi connectivity index (χ1) is 12.6. The van der Waals surface area contributed by atoms with Gasteiger partial charge in [0.1, 0.15) is 17.6 Å². The van der Waals surface area contributed by atoms with Crippen molar-refractivity contribution in [2.75, 3.05) is 19.5 Å². The van der Waals surface area contributed by atoms with E-state index in [1.807, 2.05) is 36.4 Å². The number of halogens is 1. The van der Waals surface area contributed by atoms with Crippen molar-refractivity contribution in [2.24, 2.45) is 10.7 Å². The summed E-state index contributed by atoms with van der Waals surface area (Å²) in [4.78, 5) is 4.45. The van der Waals surface area contributed by atoms with Crippen molar-refractivity contribution in [1.82, 2.24) is 0 Å². The van der Waals surface area contributed by atoms with Gasteiger partial charge in [-0.25, -0.2) is 4.99 Å². The number of hydrogen-bond donors (Lipinski definition) is 2. The van der Waals surface area contributed by atoms with Gasteiger partial charge in [0.05, 0.1) is 20.3 Å². The van der Waals surface area contributed by atoms with Crippen LogP contribution in [-0.2, 0) is 24.3 Å². The smallest absolute Gasteiger partial charge is 0.193 e. The van der Waals surface area contributed by atoms with Crippen LogP contribution < -0.4 is 20.5 Å². The van der Waals surface area contributed by atoms with Crippen LogP contribution in [0.3, 0.4) is 0 Å². The number of aliphatic imine (C=N–C) groups is 1. The van der Waals surface area contributed by atoms with Crippen LogP contribution in [0.15, 0.2) is 41.4 Å². The maximum atomic E-state index is 6.07. The lowest BCUT2D eigenvalue weighted by atomic mass is 10.1. The van der Waals surface area contributed by atoms with Crippen LogP contribution in [0.4, 0.5) is 5.69 Å². The summed E-state index contributed by atoms with van der Waals surface area (Å²) in [5, 5.41) is 3.14. The fourth-order valence-electron chi connectivity index (χ4n) is 3.07. The summed E-state index contributed by atoms with van der Waals surface area (Å²) in [6.45, 7) is 2.97. The van der Waals surface area contributed by atoms with Crippen molar-refractivity contribution in [3.05, 3.63) is 53.1 Å². The second kappa shape index (κ2) is 9.80. The normalized spacial score (nSPS) is 15.5. The van der Waals surface area contributed by atoms with E-state index in [-0.39, 0.29) is 30.1 Å². The van der Waals surface area contributed by atoms with E-state index >= 15 is 0 Å². The SMILES string of the molecule is COCc1ccccc1NC(N)=NCc1cc2c(cc1OC)CC(C)O2.I. The minimum Gasteiger partial charge on any atom is -0.496 e. The standard InChI is InChI=1S/C20H25N3O3.HI/c1-13-8-15-9-18(25-3)16(10-19(15)26-13)11-22-20(21)23-17-7-5-4-6-14(17)12-24-2;/h4-7,9-10,13H,8,11-12H2,1-3H3,(H3,21,22,23);1H. The zero-order valence-electron chi connectivity index (χ0n) is 15.8. The number of nitrogens with two attached hydrogens (primary N) is 1. The highest BCUT2D eigenvalue weighted by atomic mass is 127. The maximum Gasteiger partial charge on any atom is 0.193 e. The molecule has 146 valence electrons. The molecule has 3 rings (SSSR count). The van der Waals surface area contributed by atoms with E-state index < -0.39 is 0 Å². The number of benzene rings is 2. The summed E-state index contributed by atoms with van der Waals surface area (Å²) in [7, 11) is 3.33. The predicted octanol–water partition coefficient (Wildman–Crippen LogP) is 3.71. The van der Waals surface area contributed by atoms with E-state index in [2.05, 4.69) is 17.2 Å². The average molecular weight is 483 g/mol. The molecule has 0 spiro atoms. The Labute approximate surface area is 177 Å². The van der Waals surface area contributed by atoms with Crippen LogP contribution in [0.25, 0.3) is 0 Å². The summed E-state index contributed by atoms with van der Waals surface area (Å²) >= 11 is 0. The minimum atomic E-state index is 0. The highest BCUT2D eigenvalue weighted by Crippen LogP contribution is 2.35. The third kappa shape index (κ3) is 5.26. The molecule has 2 aromatic carbocycles. The van der Waals surface area contributed by atoms with Gasteiger partial charge >= 0.3 is 0 Å². The summed E-state index contributed by atoms with van der Waals surface area (Å²) in [5.74, 6) is 2.05. The number of guanidine groups is 1. The summed E-state index contributed by atoms with van der Waals surface area (Å²) in [5.41, 5.74) is 10.1. The first-order valence-electron chi connectivity index (χ1n) is 8.61. The molecule has 0 amide bonds. The lowest BCUT2D eigenvalue weighted by Crippen LogP contribution is -2.23. The zero-order valence-corrected chi connectivity index (χ0v) is 18.2. The van der Waals surface area contributed by atoms with Gasteiger partial charge in [-0.15, -0.1) is 24.0 Å². The Morgan fingerprint density at radius 2 is 2.04 bits per heavy atom. The predicted molar refractivity (Wildman–Crippen MR) is 118 cm³/mol. The molecule has 0 aliphatic carbocycles. The second-order valence-electron chi connectivity index (χ2n) is 6.32. The molecule has 27 heavy (non-hydrogen) atoms. The monoisotopic (exact) mass is 483 g/mol. The fraction of sp³-hybridized carbons (Fsp3) is 0.350. The lowest BCUT2D eigenvalue weighted by Gasteiger charge is -2.12. The van der Waals surface area contributed by atoms with Gasteiger partial charge in [-0.1, -0.05) is 18.2 Å². The molecule has 0 saturated carbocycles. The third-order valence-electron chi connectivity index (χ3n) is 4.30. The number of hydrogen-bond acceptors (Lipinski definition) is 4. The molecular formula is C20H26IN3O3. The molecule has 0 fully saturated rings. The first kappa shape index (κ1) is 21.3. The maximum absolute atomic E-state index is 6.07. The number of ether oxygens (including phenoxy) is 3. The number of anilines is 1. The van der Waals surface area contributed by atoms with Gasteiger partial charge in [0, 0.05) is 35.9 Å². The molecule has 1 aliphatic rings. The van der Waals surface area contributed by atoms with Gasteiger partial charge in [0.2, 0.25) is 0 Å². The third-order valence-corrected chi connectivity index (χ3v) is 4.30. The van der Waals surface area contributed by atoms with Gasteiger partial charge in [0.15, 0.2) is 5.96 Å². The molecule has 0 aromatic heterocycles. The number of nitrogens with zero attached hydrogens (tertiary/aromatic N) is 1. The van der Waals surface area contributed by atoms with Crippen molar-refractivity contribution in [1.29, 1.82) is 0 Å². The van der Waals surface area contributed by atoms with E-state index in [0.717, 1.165) is 34.7 Å². The number of para-hydroxylation sites is 1. The quantitative estimate of drug-likeness (QED) is 0.372. The highest BCUT2D eigenvalue weighted by molar-refractivity contribution is 14.0. The molecule has 1 heterocycles. The Kier molecular flexibility index (Phi) is 7.73. The molecule has 1 unspecified atom stereocenters. The molecule has 1 atom stereocenters.